The largest absolute Gasteiger partial charge is 0.500 e. The average molecular weight is 993 g/mol. The summed E-state index contributed by atoms with van der Waals surface area (Å²) < 4.78 is 97.2. The number of esters is 2. The number of benzene rings is 2. The quantitative estimate of drug-likeness (QED) is 0.0242. The fourth-order valence-corrected chi connectivity index (χ4v) is 8.58. The molecule has 2 aliphatic carbocycles. The van der Waals surface area contributed by atoms with Gasteiger partial charge in [-0.05, 0) is 100 Å². The Kier molecular flexibility index (Phi) is 17.0. The van der Waals surface area contributed by atoms with Crippen molar-refractivity contribution in [1.82, 2.24) is 10.6 Å². The van der Waals surface area contributed by atoms with E-state index in [-0.39, 0.29) is 67.2 Å². The number of rotatable bonds is 16. The molecule has 2 heterocycles. The zero-order chi connectivity index (χ0) is 52.1. The molecule has 70 heavy (non-hydrogen) atoms. The van der Waals surface area contributed by atoms with Crippen LogP contribution < -0.4 is 29.9 Å². The van der Waals surface area contributed by atoms with Gasteiger partial charge in [-0.25, -0.2) is 31.9 Å². The second-order valence-corrected chi connectivity index (χ2v) is 19.5. The normalized spacial score (nSPS) is 18.6. The van der Waals surface area contributed by atoms with E-state index >= 15 is 17.6 Å². The van der Waals surface area contributed by atoms with Crippen LogP contribution >= 0.6 is 0 Å². The van der Waals surface area contributed by atoms with Gasteiger partial charge in [0.05, 0.1) is 57.3 Å². The monoisotopic (exact) mass is 992 g/mol. The molecule has 4 fully saturated rings. The smallest absolute Gasteiger partial charge is 0.407 e. The summed E-state index contributed by atoms with van der Waals surface area (Å²) in [7, 11) is 2.34. The lowest BCUT2D eigenvalue weighted by molar-refractivity contribution is -0.142. The number of carbonyl (C=O) groups excluding carboxylic acids is 6. The van der Waals surface area contributed by atoms with Crippen molar-refractivity contribution < 1.29 is 79.5 Å². The van der Waals surface area contributed by atoms with Gasteiger partial charge in [-0.1, -0.05) is 0 Å². The number of nitrogens with one attached hydrogen (secondary N) is 2. The highest BCUT2D eigenvalue weighted by molar-refractivity contribution is 6.24. The molecule has 2 atom stereocenters. The van der Waals surface area contributed by atoms with Gasteiger partial charge in [-0.2, -0.15) is 0 Å². The number of methoxy groups -OCH3 is 2. The number of hydrogen-bond acceptors (Lipinski definition) is 15. The van der Waals surface area contributed by atoms with Crippen molar-refractivity contribution in [2.24, 2.45) is 10.8 Å². The van der Waals surface area contributed by atoms with E-state index < -0.39 is 105 Å². The van der Waals surface area contributed by atoms with Crippen LogP contribution in [0.25, 0.3) is 0 Å². The number of nitrogens with zero attached hydrogens (tertiary/aromatic N) is 2. The molecule has 0 bridgehead atoms. The van der Waals surface area contributed by atoms with Crippen molar-refractivity contribution in [3.63, 3.8) is 0 Å². The maximum atomic E-state index is 15.6. The summed E-state index contributed by atoms with van der Waals surface area (Å²) in [5.41, 5.74) is -4.03. The molecule has 0 unspecified atom stereocenters. The van der Waals surface area contributed by atoms with Crippen LogP contribution in [0.2, 0.25) is 0 Å². The molecule has 0 radical (unpaired) electrons. The lowest BCUT2D eigenvalue weighted by Crippen LogP contribution is -2.44. The SMILES string of the molecule is CCO/C=C(\C(=O)OCC)C(=O)c1cc(F)c(N2C[C@@H](NC(=O)OC(C)(C)C)C3(CC3)C2)c(OC)c1F.CCOC(=O)CC(=O)c1cc(F)c(N2C[C@@H](NC(=O)OC(C)(C)C)C3(CC3)C2)c(OC)c1F. The molecule has 2 saturated heterocycles. The Hall–Kier alpha value is -6.28. The predicted octanol–water partition coefficient (Wildman–Crippen LogP) is 7.74. The standard InChI is InChI=1S/C26H34F2N2O7.C23H30F2N2O6/c1-7-35-13-16(23(32)36-8-2)21(31)15-11-17(27)20(22(34-6)19(15)28)30-12-18(26(14-30)9-10-26)29-24(33)37-25(3,4)5;1-6-32-17(29)10-15(28)13-9-14(24)19(20(31-5)18(13)25)27-11-16(23(12-27)7-8-23)26-21(30)33-22(2,3)4/h11,13,18H,7-10,12,14H2,1-6H3,(H,29,33);9,16H,6-8,10-12H2,1-5H3,(H,26,30)/b16-13-;/t18-;16-/m11/s1. The van der Waals surface area contributed by atoms with Crippen LogP contribution in [-0.2, 0) is 33.3 Å². The van der Waals surface area contributed by atoms with Crippen molar-refractivity contribution in [3.8, 4) is 11.5 Å². The number of anilines is 2. The van der Waals surface area contributed by atoms with E-state index in [2.05, 4.69) is 10.6 Å². The predicted molar refractivity (Wildman–Crippen MR) is 246 cm³/mol. The molecular weight excluding hydrogens is 929 g/mol. The minimum absolute atomic E-state index is 0.0239. The van der Waals surface area contributed by atoms with Gasteiger partial charge < -0.3 is 53.6 Å². The van der Waals surface area contributed by atoms with Crippen molar-refractivity contribution in [2.45, 2.75) is 118 Å². The highest BCUT2D eigenvalue weighted by Gasteiger charge is 2.58. The summed E-state index contributed by atoms with van der Waals surface area (Å²) in [6, 6.07) is 0.857. The van der Waals surface area contributed by atoms with Crippen LogP contribution in [0.5, 0.6) is 11.5 Å². The van der Waals surface area contributed by atoms with Gasteiger partial charge in [0.2, 0.25) is 5.78 Å². The Bertz CT molecular complexity index is 2370. The summed E-state index contributed by atoms with van der Waals surface area (Å²) in [5.74, 6) is -8.67. The second kappa shape index (κ2) is 21.8. The zero-order valence-electron chi connectivity index (χ0n) is 41.6. The molecule has 2 amide bonds. The van der Waals surface area contributed by atoms with Crippen LogP contribution in [0.4, 0.5) is 38.5 Å². The number of amides is 2. The molecule has 2 aromatic carbocycles. The van der Waals surface area contributed by atoms with E-state index in [0.717, 1.165) is 51.2 Å². The van der Waals surface area contributed by atoms with E-state index in [0.29, 0.717) is 13.1 Å². The highest BCUT2D eigenvalue weighted by Crippen LogP contribution is 2.56. The zero-order valence-corrected chi connectivity index (χ0v) is 41.6. The Morgan fingerprint density at radius 1 is 0.671 bits per heavy atom. The number of ketones is 2. The third kappa shape index (κ3) is 12.7. The maximum absolute atomic E-state index is 15.6. The molecule has 4 aliphatic rings. The van der Waals surface area contributed by atoms with Crippen LogP contribution in [0.3, 0.4) is 0 Å². The van der Waals surface area contributed by atoms with Crippen LogP contribution in [0.15, 0.2) is 24.0 Å². The molecule has 21 heteroatoms. The second-order valence-electron chi connectivity index (χ2n) is 19.5. The number of halogens is 4. The summed E-state index contributed by atoms with van der Waals surface area (Å²) in [6.07, 6.45) is 2.27. The van der Waals surface area contributed by atoms with Gasteiger partial charge in [0, 0.05) is 37.0 Å². The van der Waals surface area contributed by atoms with E-state index in [1.807, 2.05) is 0 Å². The third-order valence-corrected chi connectivity index (χ3v) is 12.1. The fourth-order valence-electron chi connectivity index (χ4n) is 8.58. The lowest BCUT2D eigenvalue weighted by Gasteiger charge is -2.24. The van der Waals surface area contributed by atoms with Crippen molar-refractivity contribution in [3.05, 3.63) is 58.4 Å². The first-order valence-electron chi connectivity index (χ1n) is 23.1. The highest BCUT2D eigenvalue weighted by atomic mass is 19.1. The summed E-state index contributed by atoms with van der Waals surface area (Å²) in [5, 5.41) is 5.72. The minimum Gasteiger partial charge on any atom is -0.500 e. The minimum atomic E-state index is -1.12. The fraction of sp³-hybridized carbons (Fsp3) is 0.592. The van der Waals surface area contributed by atoms with Gasteiger partial charge >= 0.3 is 24.1 Å². The Balaban J connectivity index is 0.000000262. The number of alkyl carbamates (subject to hydrolysis) is 2. The third-order valence-electron chi connectivity index (χ3n) is 12.1. The van der Waals surface area contributed by atoms with Gasteiger partial charge in [-0.3, -0.25) is 14.4 Å². The average Bonchev–Trinajstić information content (AvgIpc) is 4.15. The Morgan fingerprint density at radius 3 is 1.49 bits per heavy atom. The first-order chi connectivity index (χ1) is 32.8. The molecule has 386 valence electrons. The van der Waals surface area contributed by atoms with E-state index in [1.54, 1.807) is 72.1 Å². The molecular formula is C49H64F4N4O13. The van der Waals surface area contributed by atoms with E-state index in [9.17, 15) is 28.8 Å². The van der Waals surface area contributed by atoms with Crippen LogP contribution in [0.1, 0.15) is 115 Å². The number of Topliss-reactive ketones (excluding diaryl/α,β-unsaturated/α-hetero) is 2. The van der Waals surface area contributed by atoms with Gasteiger partial charge in [0.25, 0.3) is 0 Å². The summed E-state index contributed by atoms with van der Waals surface area (Å²) >= 11 is 0. The van der Waals surface area contributed by atoms with Crippen molar-refractivity contribution in [1.29, 1.82) is 0 Å². The van der Waals surface area contributed by atoms with Gasteiger partial charge in [0.1, 0.15) is 40.8 Å². The van der Waals surface area contributed by atoms with Crippen LogP contribution in [0, 0.1) is 34.1 Å². The summed E-state index contributed by atoms with van der Waals surface area (Å²) in [6.45, 7) is 16.6. The molecule has 0 aromatic heterocycles. The first-order valence-corrected chi connectivity index (χ1v) is 23.1. The first kappa shape index (κ1) is 54.7. The Morgan fingerprint density at radius 2 is 1.10 bits per heavy atom. The molecule has 17 nitrogen and oxygen atoms in total. The molecule has 2 saturated carbocycles. The molecule has 6 rings (SSSR count). The number of hydrogen-bond donors (Lipinski definition) is 2. The van der Waals surface area contributed by atoms with Crippen molar-refractivity contribution in [2.75, 3.05) is 70.0 Å². The van der Waals surface area contributed by atoms with Gasteiger partial charge in [0.15, 0.2) is 40.6 Å². The molecule has 2 spiro atoms. The van der Waals surface area contributed by atoms with Gasteiger partial charge in [-0.15, -0.1) is 0 Å². The molecule has 2 N–H and O–H groups in total. The maximum Gasteiger partial charge on any atom is 0.407 e. The number of ether oxygens (including phenoxy) is 7. The summed E-state index contributed by atoms with van der Waals surface area (Å²) in [4.78, 5) is 77.2. The topological polar surface area (TPSA) is 198 Å². The lowest BCUT2D eigenvalue weighted by atomic mass is 10.0. The Labute approximate surface area is 404 Å². The molecule has 2 aliphatic heterocycles. The van der Waals surface area contributed by atoms with E-state index in [4.69, 9.17) is 33.2 Å². The van der Waals surface area contributed by atoms with E-state index in [1.165, 1.54) is 7.11 Å². The van der Waals surface area contributed by atoms with Crippen LogP contribution in [-0.4, -0.2) is 119 Å². The number of carbonyl (C=O) groups is 6. The van der Waals surface area contributed by atoms with Crippen molar-refractivity contribution >= 4 is 47.1 Å². The molecule has 2 aromatic rings.